The summed E-state index contributed by atoms with van der Waals surface area (Å²) in [6.07, 6.45) is 2.12. The highest BCUT2D eigenvalue weighted by atomic mass is 19.1. The number of Topliss-reactive ketones (excluding diaryl/α,β-unsaturated/α-hetero) is 1. The van der Waals surface area contributed by atoms with Crippen molar-refractivity contribution in [2.45, 2.75) is 12.8 Å². The van der Waals surface area contributed by atoms with Crippen LogP contribution in [-0.2, 0) is 4.79 Å². The Morgan fingerprint density at radius 3 is 2.35 bits per heavy atom. The second-order valence-corrected chi connectivity index (χ2v) is 5.19. The summed E-state index contributed by atoms with van der Waals surface area (Å²) in [5.74, 6) is -0.405. The van der Waals surface area contributed by atoms with Crippen LogP contribution in [0.25, 0.3) is 0 Å². The molecule has 4 nitrogen and oxygen atoms in total. The van der Waals surface area contributed by atoms with Gasteiger partial charge in [0.05, 0.1) is 13.1 Å². The van der Waals surface area contributed by atoms with E-state index in [9.17, 15) is 14.0 Å². The molecule has 1 fully saturated rings. The topological polar surface area (TPSA) is 40.6 Å². The first kappa shape index (κ1) is 14.7. The van der Waals surface area contributed by atoms with E-state index in [1.165, 1.54) is 24.3 Å². The average molecular weight is 278 g/mol. The van der Waals surface area contributed by atoms with Crippen molar-refractivity contribution in [3.8, 4) is 0 Å². The molecule has 0 spiro atoms. The zero-order valence-electron chi connectivity index (χ0n) is 11.6. The molecule has 1 aliphatic heterocycles. The Balaban J connectivity index is 1.84. The summed E-state index contributed by atoms with van der Waals surface area (Å²) >= 11 is 0. The Bertz CT molecular complexity index is 481. The molecule has 1 amide bonds. The number of rotatable bonds is 5. The van der Waals surface area contributed by atoms with Crippen molar-refractivity contribution in [2.75, 3.05) is 33.2 Å². The van der Waals surface area contributed by atoms with Crippen molar-refractivity contribution in [3.63, 3.8) is 0 Å². The van der Waals surface area contributed by atoms with Gasteiger partial charge in [-0.1, -0.05) is 0 Å². The largest absolute Gasteiger partial charge is 0.342 e. The standard InChI is InChI=1S/C15H19FN2O2/c1-17(11-15(20)18-8-2-3-9-18)10-14(19)12-4-6-13(16)7-5-12/h4-7H,2-3,8-11H2,1H3. The van der Waals surface area contributed by atoms with Crippen molar-refractivity contribution in [3.05, 3.63) is 35.6 Å². The van der Waals surface area contributed by atoms with Gasteiger partial charge in [-0.3, -0.25) is 14.5 Å². The monoisotopic (exact) mass is 278 g/mol. The lowest BCUT2D eigenvalue weighted by atomic mass is 10.1. The summed E-state index contributed by atoms with van der Waals surface area (Å²) in [5.41, 5.74) is 0.465. The third kappa shape index (κ3) is 3.87. The van der Waals surface area contributed by atoms with E-state index in [0.29, 0.717) is 5.56 Å². The van der Waals surface area contributed by atoms with Crippen molar-refractivity contribution >= 4 is 11.7 Å². The van der Waals surface area contributed by atoms with Gasteiger partial charge in [-0.15, -0.1) is 0 Å². The number of hydrogen-bond acceptors (Lipinski definition) is 3. The van der Waals surface area contributed by atoms with Gasteiger partial charge in [-0.05, 0) is 44.2 Å². The summed E-state index contributed by atoms with van der Waals surface area (Å²) in [4.78, 5) is 27.5. The van der Waals surface area contributed by atoms with E-state index in [1.807, 2.05) is 4.90 Å². The number of nitrogens with zero attached hydrogens (tertiary/aromatic N) is 2. The minimum atomic E-state index is -0.362. The second kappa shape index (κ2) is 6.61. The van der Waals surface area contributed by atoms with Gasteiger partial charge in [0.1, 0.15) is 5.82 Å². The first-order valence-corrected chi connectivity index (χ1v) is 6.81. The normalized spacial score (nSPS) is 14.8. The lowest BCUT2D eigenvalue weighted by Gasteiger charge is -2.20. The molecule has 108 valence electrons. The lowest BCUT2D eigenvalue weighted by Crippen LogP contribution is -2.39. The van der Waals surface area contributed by atoms with Crippen LogP contribution >= 0.6 is 0 Å². The second-order valence-electron chi connectivity index (χ2n) is 5.19. The first-order chi connectivity index (χ1) is 9.56. The number of carbonyl (C=O) groups is 2. The van der Waals surface area contributed by atoms with Crippen LogP contribution in [0.4, 0.5) is 4.39 Å². The van der Waals surface area contributed by atoms with E-state index >= 15 is 0 Å². The summed E-state index contributed by atoms with van der Waals surface area (Å²) in [7, 11) is 1.75. The number of amides is 1. The number of carbonyl (C=O) groups excluding carboxylic acids is 2. The van der Waals surface area contributed by atoms with Crippen LogP contribution in [-0.4, -0.2) is 54.7 Å². The molecule has 1 saturated heterocycles. The fourth-order valence-electron chi connectivity index (χ4n) is 2.33. The van der Waals surface area contributed by atoms with Crippen molar-refractivity contribution in [2.24, 2.45) is 0 Å². The van der Waals surface area contributed by atoms with Gasteiger partial charge in [-0.2, -0.15) is 0 Å². The Kier molecular flexibility index (Phi) is 4.84. The Morgan fingerprint density at radius 2 is 1.75 bits per heavy atom. The Morgan fingerprint density at radius 1 is 1.15 bits per heavy atom. The van der Waals surface area contributed by atoms with E-state index in [2.05, 4.69) is 0 Å². The van der Waals surface area contributed by atoms with Crippen LogP contribution in [0.1, 0.15) is 23.2 Å². The van der Waals surface area contributed by atoms with Gasteiger partial charge in [-0.25, -0.2) is 4.39 Å². The molecule has 1 aliphatic rings. The minimum absolute atomic E-state index is 0.0666. The zero-order chi connectivity index (χ0) is 14.5. The number of hydrogen-bond donors (Lipinski definition) is 0. The number of benzene rings is 1. The highest BCUT2D eigenvalue weighted by molar-refractivity contribution is 5.97. The number of ketones is 1. The smallest absolute Gasteiger partial charge is 0.236 e. The van der Waals surface area contributed by atoms with Crippen LogP contribution in [0, 0.1) is 5.82 Å². The Labute approximate surface area is 118 Å². The molecule has 0 bridgehead atoms. The molecule has 2 rings (SSSR count). The molecule has 0 unspecified atom stereocenters. The molecular weight excluding hydrogens is 259 g/mol. The lowest BCUT2D eigenvalue weighted by molar-refractivity contribution is -0.130. The highest BCUT2D eigenvalue weighted by Crippen LogP contribution is 2.08. The van der Waals surface area contributed by atoms with E-state index < -0.39 is 0 Å². The molecule has 0 radical (unpaired) electrons. The maximum Gasteiger partial charge on any atom is 0.236 e. The van der Waals surface area contributed by atoms with Crippen LogP contribution in [0.15, 0.2) is 24.3 Å². The van der Waals surface area contributed by atoms with E-state index in [0.717, 1.165) is 25.9 Å². The van der Waals surface area contributed by atoms with Crippen molar-refractivity contribution < 1.29 is 14.0 Å². The molecule has 1 aromatic rings. The molecule has 0 N–H and O–H groups in total. The predicted molar refractivity (Wildman–Crippen MR) is 74.0 cm³/mol. The molecule has 1 aromatic carbocycles. The Hall–Kier alpha value is -1.75. The summed E-state index contributed by atoms with van der Waals surface area (Å²) in [6, 6.07) is 5.47. The molecule has 5 heteroatoms. The van der Waals surface area contributed by atoms with Gasteiger partial charge >= 0.3 is 0 Å². The highest BCUT2D eigenvalue weighted by Gasteiger charge is 2.20. The third-order valence-electron chi connectivity index (χ3n) is 3.44. The third-order valence-corrected chi connectivity index (χ3v) is 3.44. The molecule has 0 saturated carbocycles. The first-order valence-electron chi connectivity index (χ1n) is 6.81. The SMILES string of the molecule is CN(CC(=O)c1ccc(F)cc1)CC(=O)N1CCCC1. The summed E-state index contributed by atoms with van der Waals surface area (Å²) in [5, 5.41) is 0. The minimum Gasteiger partial charge on any atom is -0.342 e. The van der Waals surface area contributed by atoms with Gasteiger partial charge < -0.3 is 4.90 Å². The van der Waals surface area contributed by atoms with Gasteiger partial charge in [0.2, 0.25) is 5.91 Å². The summed E-state index contributed by atoms with van der Waals surface area (Å²) < 4.78 is 12.8. The van der Waals surface area contributed by atoms with Crippen molar-refractivity contribution in [1.29, 1.82) is 0 Å². The zero-order valence-corrected chi connectivity index (χ0v) is 11.6. The fraction of sp³-hybridized carbons (Fsp3) is 0.467. The average Bonchev–Trinajstić information content (AvgIpc) is 2.93. The van der Waals surface area contributed by atoms with E-state index in [4.69, 9.17) is 0 Å². The van der Waals surface area contributed by atoms with Crippen LogP contribution < -0.4 is 0 Å². The molecule has 1 heterocycles. The molecule has 0 aliphatic carbocycles. The molecular formula is C15H19FN2O2. The maximum absolute atomic E-state index is 12.8. The van der Waals surface area contributed by atoms with Gasteiger partial charge in [0, 0.05) is 18.7 Å². The quantitative estimate of drug-likeness (QED) is 0.768. The maximum atomic E-state index is 12.8. The van der Waals surface area contributed by atoms with Crippen LogP contribution in [0.5, 0.6) is 0 Å². The predicted octanol–water partition coefficient (Wildman–Crippen LogP) is 1.56. The van der Waals surface area contributed by atoms with Gasteiger partial charge in [0.15, 0.2) is 5.78 Å². The number of likely N-dealkylation sites (N-methyl/N-ethyl adjacent to an activating group) is 1. The molecule has 0 atom stereocenters. The van der Waals surface area contributed by atoms with Crippen LogP contribution in [0.2, 0.25) is 0 Å². The van der Waals surface area contributed by atoms with Gasteiger partial charge in [0.25, 0.3) is 0 Å². The fourth-order valence-corrected chi connectivity index (χ4v) is 2.33. The van der Waals surface area contributed by atoms with E-state index in [-0.39, 0.29) is 30.6 Å². The van der Waals surface area contributed by atoms with E-state index in [1.54, 1.807) is 11.9 Å². The molecule has 0 aromatic heterocycles. The van der Waals surface area contributed by atoms with Crippen LogP contribution in [0.3, 0.4) is 0 Å². The molecule has 20 heavy (non-hydrogen) atoms. The summed E-state index contributed by atoms with van der Waals surface area (Å²) in [6.45, 7) is 2.04. The number of halogens is 1. The number of likely N-dealkylation sites (tertiary alicyclic amines) is 1. The van der Waals surface area contributed by atoms with Crippen molar-refractivity contribution in [1.82, 2.24) is 9.80 Å².